The summed E-state index contributed by atoms with van der Waals surface area (Å²) in [7, 11) is 0. The molecule has 0 unspecified atom stereocenters. The molecule has 2 aliphatic rings. The van der Waals surface area contributed by atoms with Crippen LogP contribution in [0.25, 0.3) is 0 Å². The molecule has 0 atom stereocenters. The third-order valence-electron chi connectivity index (χ3n) is 5.30. The quantitative estimate of drug-likeness (QED) is 0.823. The largest absolute Gasteiger partial charge is 0.341 e. The Morgan fingerprint density at radius 3 is 2.52 bits per heavy atom. The van der Waals surface area contributed by atoms with Gasteiger partial charge in [0.05, 0.1) is 6.42 Å². The van der Waals surface area contributed by atoms with Gasteiger partial charge in [-0.15, -0.1) is 0 Å². The van der Waals surface area contributed by atoms with Gasteiger partial charge in [-0.3, -0.25) is 9.59 Å². The SMILES string of the molecule is O=C(CCN1CCCN(C(=O)Cc2cccc(F)c2)CC1)N1CCNCC1. The van der Waals surface area contributed by atoms with Crippen molar-refractivity contribution in [1.82, 2.24) is 20.0 Å². The minimum atomic E-state index is -0.309. The van der Waals surface area contributed by atoms with E-state index in [0.29, 0.717) is 18.5 Å². The number of amides is 2. The van der Waals surface area contributed by atoms with E-state index in [1.54, 1.807) is 12.1 Å². The lowest BCUT2D eigenvalue weighted by Crippen LogP contribution is -2.47. The zero-order chi connectivity index (χ0) is 19.1. The van der Waals surface area contributed by atoms with Crippen molar-refractivity contribution in [1.29, 1.82) is 0 Å². The molecule has 2 amide bonds. The van der Waals surface area contributed by atoms with Gasteiger partial charge in [0.2, 0.25) is 11.8 Å². The number of hydrogen-bond donors (Lipinski definition) is 1. The highest BCUT2D eigenvalue weighted by molar-refractivity contribution is 5.79. The second-order valence-corrected chi connectivity index (χ2v) is 7.26. The van der Waals surface area contributed by atoms with Gasteiger partial charge in [-0.25, -0.2) is 4.39 Å². The van der Waals surface area contributed by atoms with Crippen LogP contribution in [-0.4, -0.2) is 85.4 Å². The number of halogens is 1. The van der Waals surface area contributed by atoms with E-state index in [4.69, 9.17) is 0 Å². The average molecular weight is 376 g/mol. The Hall–Kier alpha value is -1.99. The van der Waals surface area contributed by atoms with Crippen LogP contribution in [0.5, 0.6) is 0 Å². The Kier molecular flexibility index (Phi) is 7.18. The first-order valence-corrected chi connectivity index (χ1v) is 9.85. The van der Waals surface area contributed by atoms with E-state index in [-0.39, 0.29) is 24.1 Å². The molecule has 0 aliphatic carbocycles. The number of benzene rings is 1. The average Bonchev–Trinajstić information content (AvgIpc) is 2.92. The predicted octanol–water partition coefficient (Wildman–Crippen LogP) is 0.724. The van der Waals surface area contributed by atoms with Crippen molar-refractivity contribution >= 4 is 11.8 Å². The molecule has 0 bridgehead atoms. The Balaban J connectivity index is 1.42. The van der Waals surface area contributed by atoms with Gasteiger partial charge in [0.15, 0.2) is 0 Å². The van der Waals surface area contributed by atoms with Gasteiger partial charge in [0.1, 0.15) is 5.82 Å². The maximum atomic E-state index is 13.3. The van der Waals surface area contributed by atoms with Crippen LogP contribution in [0, 0.1) is 5.82 Å². The summed E-state index contributed by atoms with van der Waals surface area (Å²) in [5, 5.41) is 3.26. The standard InChI is InChI=1S/C20H29FN4O2/c21-18-4-1-3-17(15-18)16-20(27)24-9-2-8-23(13-14-24)10-5-19(26)25-11-6-22-7-12-25/h1,3-4,15,22H,2,5-14,16H2. The molecule has 148 valence electrons. The molecule has 1 aromatic carbocycles. The second kappa shape index (κ2) is 9.80. The number of piperazine rings is 1. The number of carbonyl (C=O) groups is 2. The summed E-state index contributed by atoms with van der Waals surface area (Å²) >= 11 is 0. The minimum absolute atomic E-state index is 0.0411. The molecule has 3 rings (SSSR count). The molecule has 6 nitrogen and oxygen atoms in total. The lowest BCUT2D eigenvalue weighted by Gasteiger charge is -2.28. The third-order valence-corrected chi connectivity index (χ3v) is 5.30. The zero-order valence-electron chi connectivity index (χ0n) is 15.8. The third kappa shape index (κ3) is 6.01. The molecule has 2 aliphatic heterocycles. The van der Waals surface area contributed by atoms with Gasteiger partial charge < -0.3 is 20.0 Å². The van der Waals surface area contributed by atoms with Crippen LogP contribution in [0.2, 0.25) is 0 Å². The molecular formula is C20H29FN4O2. The second-order valence-electron chi connectivity index (χ2n) is 7.26. The van der Waals surface area contributed by atoms with E-state index in [2.05, 4.69) is 10.2 Å². The Bertz CT molecular complexity index is 649. The van der Waals surface area contributed by atoms with Crippen molar-refractivity contribution in [2.75, 3.05) is 58.9 Å². The lowest BCUT2D eigenvalue weighted by atomic mass is 10.1. The maximum Gasteiger partial charge on any atom is 0.227 e. The summed E-state index contributed by atoms with van der Waals surface area (Å²) < 4.78 is 13.3. The van der Waals surface area contributed by atoms with E-state index >= 15 is 0 Å². The molecule has 1 aromatic rings. The number of nitrogens with one attached hydrogen (secondary N) is 1. The lowest BCUT2D eigenvalue weighted by molar-refractivity contribution is -0.132. The molecular weight excluding hydrogens is 347 g/mol. The number of hydrogen-bond acceptors (Lipinski definition) is 4. The smallest absolute Gasteiger partial charge is 0.227 e. The molecule has 27 heavy (non-hydrogen) atoms. The molecule has 0 spiro atoms. The van der Waals surface area contributed by atoms with Gasteiger partial charge >= 0.3 is 0 Å². The van der Waals surface area contributed by atoms with Gasteiger partial charge in [-0.2, -0.15) is 0 Å². The molecule has 0 radical (unpaired) electrons. The van der Waals surface area contributed by atoms with E-state index in [9.17, 15) is 14.0 Å². The molecule has 7 heteroatoms. The number of rotatable bonds is 5. The van der Waals surface area contributed by atoms with Crippen molar-refractivity contribution in [2.45, 2.75) is 19.3 Å². The van der Waals surface area contributed by atoms with Gasteiger partial charge in [-0.05, 0) is 30.7 Å². The van der Waals surface area contributed by atoms with E-state index in [1.165, 1.54) is 12.1 Å². The Morgan fingerprint density at radius 2 is 1.74 bits per heavy atom. The maximum absolute atomic E-state index is 13.3. The fourth-order valence-electron chi connectivity index (χ4n) is 3.70. The normalized spacial score (nSPS) is 19.0. The van der Waals surface area contributed by atoms with Crippen molar-refractivity contribution in [2.24, 2.45) is 0 Å². The van der Waals surface area contributed by atoms with Crippen LogP contribution in [0.15, 0.2) is 24.3 Å². The molecule has 2 fully saturated rings. The highest BCUT2D eigenvalue weighted by Crippen LogP contribution is 2.10. The summed E-state index contributed by atoms with van der Waals surface area (Å²) in [5.41, 5.74) is 0.711. The van der Waals surface area contributed by atoms with Gasteiger partial charge in [0, 0.05) is 58.8 Å². The highest BCUT2D eigenvalue weighted by atomic mass is 19.1. The molecule has 0 saturated carbocycles. The van der Waals surface area contributed by atoms with Crippen LogP contribution in [-0.2, 0) is 16.0 Å². The van der Waals surface area contributed by atoms with E-state index < -0.39 is 0 Å². The first-order chi connectivity index (χ1) is 13.1. The molecule has 2 heterocycles. The monoisotopic (exact) mass is 376 g/mol. The number of nitrogens with zero attached hydrogens (tertiary/aromatic N) is 3. The van der Waals surface area contributed by atoms with Crippen LogP contribution < -0.4 is 5.32 Å². The molecule has 2 saturated heterocycles. The van der Waals surface area contributed by atoms with Crippen LogP contribution in [0.4, 0.5) is 4.39 Å². The molecule has 1 N–H and O–H groups in total. The highest BCUT2D eigenvalue weighted by Gasteiger charge is 2.21. The fraction of sp³-hybridized carbons (Fsp3) is 0.600. The summed E-state index contributed by atoms with van der Waals surface area (Å²) in [6.07, 6.45) is 1.67. The Labute approximate surface area is 160 Å². The minimum Gasteiger partial charge on any atom is -0.341 e. The first kappa shape index (κ1) is 19.8. The zero-order valence-corrected chi connectivity index (χ0v) is 15.8. The molecule has 0 aromatic heterocycles. The predicted molar refractivity (Wildman–Crippen MR) is 102 cm³/mol. The fourth-order valence-corrected chi connectivity index (χ4v) is 3.70. The van der Waals surface area contributed by atoms with Crippen LogP contribution in [0.3, 0.4) is 0 Å². The van der Waals surface area contributed by atoms with Crippen molar-refractivity contribution in [3.8, 4) is 0 Å². The van der Waals surface area contributed by atoms with Crippen molar-refractivity contribution < 1.29 is 14.0 Å². The van der Waals surface area contributed by atoms with Gasteiger partial charge in [0.25, 0.3) is 0 Å². The van der Waals surface area contributed by atoms with Crippen LogP contribution >= 0.6 is 0 Å². The first-order valence-electron chi connectivity index (χ1n) is 9.85. The van der Waals surface area contributed by atoms with E-state index in [0.717, 1.165) is 58.8 Å². The van der Waals surface area contributed by atoms with Crippen molar-refractivity contribution in [3.05, 3.63) is 35.6 Å². The summed E-state index contributed by atoms with van der Waals surface area (Å²) in [4.78, 5) is 30.9. The van der Waals surface area contributed by atoms with Gasteiger partial charge in [-0.1, -0.05) is 12.1 Å². The van der Waals surface area contributed by atoms with Crippen molar-refractivity contribution in [3.63, 3.8) is 0 Å². The van der Waals surface area contributed by atoms with E-state index in [1.807, 2.05) is 9.80 Å². The topological polar surface area (TPSA) is 55.9 Å². The Morgan fingerprint density at radius 1 is 0.963 bits per heavy atom. The summed E-state index contributed by atoms with van der Waals surface area (Å²) in [6.45, 7) is 7.14. The number of carbonyl (C=O) groups excluding carboxylic acids is 2. The summed E-state index contributed by atoms with van der Waals surface area (Å²) in [5.74, 6) is -0.0457. The summed E-state index contributed by atoms with van der Waals surface area (Å²) in [6, 6.07) is 6.23. The van der Waals surface area contributed by atoms with Crippen LogP contribution in [0.1, 0.15) is 18.4 Å².